The average Bonchev–Trinajstić information content (AvgIpc) is 3.13. The van der Waals surface area contributed by atoms with Crippen molar-refractivity contribution in [2.45, 2.75) is 12.5 Å². The molecular weight excluding hydrogens is 415 g/mol. The maximum Gasteiger partial charge on any atom is 0.249 e. The van der Waals surface area contributed by atoms with E-state index in [2.05, 4.69) is 15.7 Å². The van der Waals surface area contributed by atoms with Gasteiger partial charge in [0.15, 0.2) is 0 Å². The zero-order valence-electron chi connectivity index (χ0n) is 15.3. The van der Waals surface area contributed by atoms with E-state index in [0.717, 1.165) is 11.3 Å². The Balaban J connectivity index is 1.64. The number of carbonyl (C=O) groups excluding carboxylic acids is 2. The second-order valence-electron chi connectivity index (χ2n) is 6.47. The first-order chi connectivity index (χ1) is 14.0. The molecule has 9 heteroatoms. The molecule has 148 valence electrons. The summed E-state index contributed by atoms with van der Waals surface area (Å²) in [6.45, 7) is 0. The minimum atomic E-state index is -0.791. The SMILES string of the molecule is COc1ccc(-c2cnn3c2NC(=O)C[C@H]3C(=O)Nc2ccc(Cl)c(Cl)c2)cc1. The first kappa shape index (κ1) is 19.3. The fourth-order valence-corrected chi connectivity index (χ4v) is 3.45. The first-order valence-corrected chi connectivity index (χ1v) is 9.49. The van der Waals surface area contributed by atoms with E-state index in [4.69, 9.17) is 27.9 Å². The standard InChI is InChI=1S/C20H16Cl2N4O3/c1-29-13-5-2-11(3-6-13)14-10-23-26-17(9-18(27)25-19(14)26)20(28)24-12-4-7-15(21)16(22)8-12/h2-8,10,17H,9H2,1H3,(H,24,28)(H,25,27)/t17-/m0/s1. The number of amides is 2. The maximum absolute atomic E-state index is 12.9. The number of benzene rings is 2. The lowest BCUT2D eigenvalue weighted by molar-refractivity contribution is -0.125. The van der Waals surface area contributed by atoms with Gasteiger partial charge in [-0.1, -0.05) is 35.3 Å². The molecule has 0 fully saturated rings. The molecule has 3 aromatic rings. The van der Waals surface area contributed by atoms with Gasteiger partial charge in [-0.25, -0.2) is 4.68 Å². The van der Waals surface area contributed by atoms with E-state index in [1.54, 1.807) is 31.5 Å². The molecule has 2 heterocycles. The Bertz CT molecular complexity index is 1100. The van der Waals surface area contributed by atoms with Gasteiger partial charge < -0.3 is 15.4 Å². The molecule has 0 unspecified atom stereocenters. The third kappa shape index (κ3) is 3.79. The summed E-state index contributed by atoms with van der Waals surface area (Å²) in [6, 6.07) is 11.4. The number of nitrogens with zero attached hydrogens (tertiary/aromatic N) is 2. The number of rotatable bonds is 4. The van der Waals surface area contributed by atoms with Crippen LogP contribution < -0.4 is 15.4 Å². The molecule has 0 spiro atoms. The molecular formula is C20H16Cl2N4O3. The highest BCUT2D eigenvalue weighted by Gasteiger charge is 2.33. The van der Waals surface area contributed by atoms with E-state index in [0.29, 0.717) is 27.1 Å². The van der Waals surface area contributed by atoms with Crippen molar-refractivity contribution in [2.75, 3.05) is 17.7 Å². The van der Waals surface area contributed by atoms with Gasteiger partial charge in [0.1, 0.15) is 17.6 Å². The summed E-state index contributed by atoms with van der Waals surface area (Å²) in [4.78, 5) is 25.1. The minimum Gasteiger partial charge on any atom is -0.497 e. The van der Waals surface area contributed by atoms with Gasteiger partial charge in [-0.2, -0.15) is 5.10 Å². The van der Waals surface area contributed by atoms with Crippen molar-refractivity contribution in [1.82, 2.24) is 9.78 Å². The van der Waals surface area contributed by atoms with Crippen molar-refractivity contribution < 1.29 is 14.3 Å². The zero-order valence-corrected chi connectivity index (χ0v) is 16.8. The highest BCUT2D eigenvalue weighted by molar-refractivity contribution is 6.42. The minimum absolute atomic E-state index is 0.0239. The molecule has 0 saturated carbocycles. The number of nitrogens with one attached hydrogen (secondary N) is 2. The van der Waals surface area contributed by atoms with Crippen LogP contribution >= 0.6 is 23.2 Å². The molecule has 1 aliphatic heterocycles. The van der Waals surface area contributed by atoms with Crippen LogP contribution in [0.2, 0.25) is 10.0 Å². The lowest BCUT2D eigenvalue weighted by Gasteiger charge is -2.24. The summed E-state index contributed by atoms with van der Waals surface area (Å²) in [5.74, 6) is 0.560. The van der Waals surface area contributed by atoms with E-state index in [9.17, 15) is 9.59 Å². The second kappa shape index (κ2) is 7.77. The van der Waals surface area contributed by atoms with Gasteiger partial charge >= 0.3 is 0 Å². The summed E-state index contributed by atoms with van der Waals surface area (Å²) in [5, 5.41) is 10.6. The highest BCUT2D eigenvalue weighted by atomic mass is 35.5. The predicted octanol–water partition coefficient (Wildman–Crippen LogP) is 4.39. The van der Waals surface area contributed by atoms with Crippen LogP contribution in [-0.4, -0.2) is 28.7 Å². The van der Waals surface area contributed by atoms with Gasteiger partial charge in [-0.3, -0.25) is 9.59 Å². The van der Waals surface area contributed by atoms with Crippen LogP contribution in [0.25, 0.3) is 11.1 Å². The first-order valence-electron chi connectivity index (χ1n) is 8.74. The quantitative estimate of drug-likeness (QED) is 0.642. The van der Waals surface area contributed by atoms with Crippen LogP contribution in [0.15, 0.2) is 48.7 Å². The number of hydrogen-bond donors (Lipinski definition) is 2. The van der Waals surface area contributed by atoms with E-state index >= 15 is 0 Å². The van der Waals surface area contributed by atoms with E-state index < -0.39 is 6.04 Å². The number of anilines is 2. The van der Waals surface area contributed by atoms with E-state index in [1.165, 1.54) is 4.68 Å². The highest BCUT2D eigenvalue weighted by Crippen LogP contribution is 2.35. The lowest BCUT2D eigenvalue weighted by Crippen LogP contribution is -2.35. The summed E-state index contributed by atoms with van der Waals surface area (Å²) >= 11 is 11.9. The number of methoxy groups -OCH3 is 1. The predicted molar refractivity (Wildman–Crippen MR) is 112 cm³/mol. The third-order valence-corrected chi connectivity index (χ3v) is 5.36. The Morgan fingerprint density at radius 1 is 1.21 bits per heavy atom. The summed E-state index contributed by atoms with van der Waals surface area (Å²) in [5.41, 5.74) is 2.05. The molecule has 29 heavy (non-hydrogen) atoms. The molecule has 2 amide bonds. The Labute approximate surface area is 176 Å². The molecule has 0 bridgehead atoms. The normalized spacial score (nSPS) is 15.4. The molecule has 7 nitrogen and oxygen atoms in total. The van der Waals surface area contributed by atoms with Crippen molar-refractivity contribution in [2.24, 2.45) is 0 Å². The van der Waals surface area contributed by atoms with Gasteiger partial charge in [-0.15, -0.1) is 0 Å². The van der Waals surface area contributed by atoms with Crippen molar-refractivity contribution in [3.8, 4) is 16.9 Å². The molecule has 0 saturated heterocycles. The van der Waals surface area contributed by atoms with Gasteiger partial charge in [-0.05, 0) is 35.9 Å². The van der Waals surface area contributed by atoms with Gasteiger partial charge in [0.2, 0.25) is 11.8 Å². The van der Waals surface area contributed by atoms with Crippen LogP contribution in [0.3, 0.4) is 0 Å². The second-order valence-corrected chi connectivity index (χ2v) is 7.28. The van der Waals surface area contributed by atoms with E-state index in [-0.39, 0.29) is 18.2 Å². The summed E-state index contributed by atoms with van der Waals surface area (Å²) in [6.07, 6.45) is 1.60. The summed E-state index contributed by atoms with van der Waals surface area (Å²) in [7, 11) is 1.59. The molecule has 1 aliphatic rings. The molecule has 2 aromatic carbocycles. The average molecular weight is 431 g/mol. The molecule has 4 rings (SSSR count). The monoisotopic (exact) mass is 430 g/mol. The Morgan fingerprint density at radius 3 is 2.66 bits per heavy atom. The Morgan fingerprint density at radius 2 is 1.97 bits per heavy atom. The van der Waals surface area contributed by atoms with Crippen LogP contribution in [0.4, 0.5) is 11.5 Å². The van der Waals surface area contributed by atoms with Crippen molar-refractivity contribution in [3.63, 3.8) is 0 Å². The van der Waals surface area contributed by atoms with Gasteiger partial charge in [0, 0.05) is 11.3 Å². The topological polar surface area (TPSA) is 85.2 Å². The lowest BCUT2D eigenvalue weighted by atomic mass is 10.1. The van der Waals surface area contributed by atoms with Crippen LogP contribution in [0, 0.1) is 0 Å². The molecule has 0 aliphatic carbocycles. The molecule has 1 aromatic heterocycles. The van der Waals surface area contributed by atoms with Gasteiger partial charge in [0.25, 0.3) is 0 Å². The number of halogens is 2. The molecule has 1 atom stereocenters. The van der Waals surface area contributed by atoms with Crippen molar-refractivity contribution in [1.29, 1.82) is 0 Å². The maximum atomic E-state index is 12.9. The number of fused-ring (bicyclic) bond motifs is 1. The largest absolute Gasteiger partial charge is 0.497 e. The molecule has 0 radical (unpaired) electrons. The number of ether oxygens (including phenoxy) is 1. The van der Waals surface area contributed by atoms with Crippen LogP contribution in [0.1, 0.15) is 12.5 Å². The summed E-state index contributed by atoms with van der Waals surface area (Å²) < 4.78 is 6.70. The molecule has 2 N–H and O–H groups in total. The van der Waals surface area contributed by atoms with Crippen LogP contribution in [0.5, 0.6) is 5.75 Å². The third-order valence-electron chi connectivity index (χ3n) is 4.62. The fourth-order valence-electron chi connectivity index (χ4n) is 3.15. The smallest absolute Gasteiger partial charge is 0.249 e. The van der Waals surface area contributed by atoms with Crippen molar-refractivity contribution >= 4 is 46.5 Å². The van der Waals surface area contributed by atoms with E-state index in [1.807, 2.05) is 24.3 Å². The number of hydrogen-bond acceptors (Lipinski definition) is 4. The fraction of sp³-hybridized carbons (Fsp3) is 0.150. The Kier molecular flexibility index (Phi) is 5.17. The number of carbonyl (C=O) groups is 2. The zero-order chi connectivity index (χ0) is 20.5. The number of aromatic nitrogens is 2. The van der Waals surface area contributed by atoms with Crippen molar-refractivity contribution in [3.05, 3.63) is 58.7 Å². The van der Waals surface area contributed by atoms with Crippen LogP contribution in [-0.2, 0) is 9.59 Å². The Hall–Kier alpha value is -3.03. The van der Waals surface area contributed by atoms with Gasteiger partial charge in [0.05, 0.1) is 29.8 Å².